The molecule has 0 saturated carbocycles. The van der Waals surface area contributed by atoms with Crippen LogP contribution in [0, 0.1) is 0 Å². The second kappa shape index (κ2) is 5.64. The van der Waals surface area contributed by atoms with Gasteiger partial charge in [0.15, 0.2) is 5.96 Å². The van der Waals surface area contributed by atoms with Gasteiger partial charge >= 0.3 is 0 Å². The van der Waals surface area contributed by atoms with Crippen molar-refractivity contribution in [3.8, 4) is 0 Å². The third kappa shape index (κ3) is 4.66. The number of nitrogens with zero attached hydrogens (tertiary/aromatic N) is 1. The number of rotatable bonds is 4. The minimum atomic E-state index is -0.202. The van der Waals surface area contributed by atoms with Crippen molar-refractivity contribution in [3.63, 3.8) is 0 Å². The fourth-order valence-corrected chi connectivity index (χ4v) is 1.02. The standard InChI is InChI=1S/C10H14N4O/c11-10(12)14-7-9(15)13-6-8-4-2-1-3-5-8/h1-5H,6-7H2,(H,13,15)(H4,11,12,14). The topological polar surface area (TPSA) is 93.5 Å². The van der Waals surface area contributed by atoms with Gasteiger partial charge in [0.1, 0.15) is 6.54 Å². The molecule has 0 fully saturated rings. The van der Waals surface area contributed by atoms with Gasteiger partial charge in [-0.25, -0.2) is 4.99 Å². The maximum atomic E-state index is 11.2. The minimum Gasteiger partial charge on any atom is -0.370 e. The number of benzene rings is 1. The number of hydrogen-bond acceptors (Lipinski definition) is 2. The third-order valence-corrected chi connectivity index (χ3v) is 1.74. The Morgan fingerprint density at radius 3 is 2.53 bits per heavy atom. The van der Waals surface area contributed by atoms with Gasteiger partial charge in [-0.05, 0) is 5.56 Å². The summed E-state index contributed by atoms with van der Waals surface area (Å²) in [5.74, 6) is -0.280. The van der Waals surface area contributed by atoms with E-state index in [0.717, 1.165) is 5.56 Å². The Hall–Kier alpha value is -2.04. The van der Waals surface area contributed by atoms with Crippen LogP contribution in [0.5, 0.6) is 0 Å². The summed E-state index contributed by atoms with van der Waals surface area (Å²) in [5, 5.41) is 2.70. The molecule has 0 aromatic heterocycles. The van der Waals surface area contributed by atoms with Crippen LogP contribution in [-0.2, 0) is 11.3 Å². The van der Waals surface area contributed by atoms with Crippen LogP contribution in [0.25, 0.3) is 0 Å². The Kier molecular flexibility index (Phi) is 4.15. The molecular formula is C10H14N4O. The predicted molar refractivity (Wildman–Crippen MR) is 59.0 cm³/mol. The molecule has 0 aliphatic rings. The molecule has 0 unspecified atom stereocenters. The highest BCUT2D eigenvalue weighted by Gasteiger charge is 1.98. The number of aliphatic imine (C=N–C) groups is 1. The zero-order valence-electron chi connectivity index (χ0n) is 8.31. The summed E-state index contributed by atoms with van der Waals surface area (Å²) in [6, 6.07) is 9.61. The molecule has 1 amide bonds. The number of carbonyl (C=O) groups is 1. The van der Waals surface area contributed by atoms with Crippen molar-refractivity contribution < 1.29 is 4.79 Å². The lowest BCUT2D eigenvalue weighted by Crippen LogP contribution is -2.29. The van der Waals surface area contributed by atoms with Crippen LogP contribution < -0.4 is 16.8 Å². The molecule has 1 rings (SSSR count). The molecule has 5 N–H and O–H groups in total. The van der Waals surface area contributed by atoms with Gasteiger partial charge in [0, 0.05) is 6.54 Å². The average Bonchev–Trinajstić information content (AvgIpc) is 2.25. The molecule has 0 bridgehead atoms. The minimum absolute atomic E-state index is 0.0326. The van der Waals surface area contributed by atoms with E-state index in [4.69, 9.17) is 11.5 Å². The number of amides is 1. The number of guanidine groups is 1. The number of nitrogens with two attached hydrogens (primary N) is 2. The number of nitrogens with one attached hydrogen (secondary N) is 1. The average molecular weight is 206 g/mol. The molecule has 0 atom stereocenters. The molecule has 5 heteroatoms. The maximum Gasteiger partial charge on any atom is 0.242 e. The fourth-order valence-electron chi connectivity index (χ4n) is 1.02. The Labute approximate surface area is 88.2 Å². The van der Waals surface area contributed by atoms with E-state index in [-0.39, 0.29) is 18.4 Å². The smallest absolute Gasteiger partial charge is 0.242 e. The van der Waals surface area contributed by atoms with E-state index in [1.807, 2.05) is 30.3 Å². The highest BCUT2D eigenvalue weighted by molar-refractivity contribution is 5.83. The zero-order chi connectivity index (χ0) is 11.1. The lowest BCUT2D eigenvalue weighted by molar-refractivity contribution is -0.119. The first-order valence-electron chi connectivity index (χ1n) is 4.54. The van der Waals surface area contributed by atoms with Gasteiger partial charge in [0.25, 0.3) is 0 Å². The summed E-state index contributed by atoms with van der Waals surface area (Å²) in [7, 11) is 0. The van der Waals surface area contributed by atoms with Gasteiger partial charge in [-0.2, -0.15) is 0 Å². The molecule has 0 spiro atoms. The fraction of sp³-hybridized carbons (Fsp3) is 0.200. The van der Waals surface area contributed by atoms with Gasteiger partial charge in [0.2, 0.25) is 5.91 Å². The first kappa shape index (κ1) is 11.0. The quantitative estimate of drug-likeness (QED) is 0.461. The van der Waals surface area contributed by atoms with Crippen LogP contribution in [0.2, 0.25) is 0 Å². The zero-order valence-corrected chi connectivity index (χ0v) is 8.31. The molecule has 0 radical (unpaired) electrons. The molecule has 80 valence electrons. The van der Waals surface area contributed by atoms with E-state index in [9.17, 15) is 4.79 Å². The summed E-state index contributed by atoms with van der Waals surface area (Å²) in [6.45, 7) is 0.453. The van der Waals surface area contributed by atoms with Gasteiger partial charge in [-0.1, -0.05) is 30.3 Å². The maximum absolute atomic E-state index is 11.2. The van der Waals surface area contributed by atoms with Crippen molar-refractivity contribution in [3.05, 3.63) is 35.9 Å². The Morgan fingerprint density at radius 2 is 1.93 bits per heavy atom. The van der Waals surface area contributed by atoms with Crippen LogP contribution in [0.3, 0.4) is 0 Å². The second-order valence-electron chi connectivity index (χ2n) is 3.00. The van der Waals surface area contributed by atoms with E-state index < -0.39 is 0 Å². The highest BCUT2D eigenvalue weighted by Crippen LogP contribution is 1.96. The summed E-state index contributed by atoms with van der Waals surface area (Å²) >= 11 is 0. The first-order chi connectivity index (χ1) is 7.18. The molecule has 0 aliphatic heterocycles. The molecule has 0 aliphatic carbocycles. The van der Waals surface area contributed by atoms with Crippen molar-refractivity contribution in [1.29, 1.82) is 0 Å². The van der Waals surface area contributed by atoms with Crippen LogP contribution in [0.1, 0.15) is 5.56 Å². The van der Waals surface area contributed by atoms with E-state index in [2.05, 4.69) is 10.3 Å². The molecule has 0 heterocycles. The molecule has 1 aromatic rings. The molecule has 0 saturated heterocycles. The van der Waals surface area contributed by atoms with E-state index >= 15 is 0 Å². The monoisotopic (exact) mass is 206 g/mol. The van der Waals surface area contributed by atoms with Gasteiger partial charge < -0.3 is 16.8 Å². The van der Waals surface area contributed by atoms with Crippen molar-refractivity contribution in [2.75, 3.05) is 6.54 Å². The van der Waals surface area contributed by atoms with Crippen LogP contribution in [0.4, 0.5) is 0 Å². The number of hydrogen-bond donors (Lipinski definition) is 3. The lowest BCUT2D eigenvalue weighted by atomic mass is 10.2. The van der Waals surface area contributed by atoms with Crippen molar-refractivity contribution in [2.24, 2.45) is 16.5 Å². The van der Waals surface area contributed by atoms with Crippen molar-refractivity contribution >= 4 is 11.9 Å². The number of carbonyl (C=O) groups excluding carboxylic acids is 1. The van der Waals surface area contributed by atoms with E-state index in [1.165, 1.54) is 0 Å². The largest absolute Gasteiger partial charge is 0.370 e. The van der Waals surface area contributed by atoms with Crippen LogP contribution in [-0.4, -0.2) is 18.4 Å². The Balaban J connectivity index is 2.32. The van der Waals surface area contributed by atoms with Gasteiger partial charge in [-0.15, -0.1) is 0 Å². The van der Waals surface area contributed by atoms with Gasteiger partial charge in [-0.3, -0.25) is 4.79 Å². The third-order valence-electron chi connectivity index (χ3n) is 1.74. The SMILES string of the molecule is NC(N)=NCC(=O)NCc1ccccc1. The van der Waals surface area contributed by atoms with Crippen molar-refractivity contribution in [1.82, 2.24) is 5.32 Å². The Bertz CT molecular complexity index is 344. The molecular weight excluding hydrogens is 192 g/mol. The summed E-state index contributed by atoms with van der Waals surface area (Å²) in [5.41, 5.74) is 11.2. The molecule has 15 heavy (non-hydrogen) atoms. The second-order valence-corrected chi connectivity index (χ2v) is 3.00. The normalized spacial score (nSPS) is 9.33. The van der Waals surface area contributed by atoms with Gasteiger partial charge in [0.05, 0.1) is 0 Å². The summed E-state index contributed by atoms with van der Waals surface area (Å²) in [6.07, 6.45) is 0. The summed E-state index contributed by atoms with van der Waals surface area (Å²) in [4.78, 5) is 14.8. The van der Waals surface area contributed by atoms with Crippen LogP contribution in [0.15, 0.2) is 35.3 Å². The Morgan fingerprint density at radius 1 is 1.27 bits per heavy atom. The lowest BCUT2D eigenvalue weighted by Gasteiger charge is -2.02. The van der Waals surface area contributed by atoms with Crippen LogP contribution >= 0.6 is 0 Å². The molecule has 5 nitrogen and oxygen atoms in total. The highest BCUT2D eigenvalue weighted by atomic mass is 16.1. The predicted octanol–water partition coefficient (Wildman–Crippen LogP) is -0.424. The molecule has 1 aromatic carbocycles. The first-order valence-corrected chi connectivity index (χ1v) is 4.54. The van der Waals surface area contributed by atoms with E-state index in [0.29, 0.717) is 6.54 Å². The van der Waals surface area contributed by atoms with Crippen molar-refractivity contribution in [2.45, 2.75) is 6.54 Å². The summed E-state index contributed by atoms with van der Waals surface area (Å²) < 4.78 is 0. The van der Waals surface area contributed by atoms with E-state index in [1.54, 1.807) is 0 Å².